The van der Waals surface area contributed by atoms with Gasteiger partial charge in [-0.2, -0.15) is 0 Å². The molecule has 0 saturated heterocycles. The first-order chi connectivity index (χ1) is 33.6. The molecule has 0 saturated carbocycles. The van der Waals surface area contributed by atoms with Crippen molar-refractivity contribution in [2.75, 3.05) is 4.90 Å². The van der Waals surface area contributed by atoms with Gasteiger partial charge in [0.2, 0.25) is 0 Å². The fourth-order valence-electron chi connectivity index (χ4n) is 10.4. The van der Waals surface area contributed by atoms with Crippen LogP contribution >= 0.6 is 0 Å². The van der Waals surface area contributed by atoms with Crippen molar-refractivity contribution in [1.82, 2.24) is 4.57 Å². The predicted molar refractivity (Wildman–Crippen MR) is 291 cm³/mol. The second kappa shape index (κ2) is 18.4. The third-order valence-electron chi connectivity index (χ3n) is 13.4. The summed E-state index contributed by atoms with van der Waals surface area (Å²) in [6, 6.07) is 80.1. The highest BCUT2D eigenvalue weighted by molar-refractivity contribution is 6.15. The Morgan fingerprint density at radius 3 is 1.16 bits per heavy atom. The number of para-hydroxylation sites is 2. The van der Waals surface area contributed by atoms with Gasteiger partial charge < -0.3 is 9.47 Å². The Morgan fingerprint density at radius 2 is 0.779 bits per heavy atom. The lowest BCUT2D eigenvalue weighted by molar-refractivity contribution is 0.872. The van der Waals surface area contributed by atoms with Crippen LogP contribution in [-0.4, -0.2) is 4.57 Å². The lowest BCUT2D eigenvalue weighted by atomic mass is 9.74. The lowest BCUT2D eigenvalue weighted by Crippen LogP contribution is -2.17. The van der Waals surface area contributed by atoms with Crippen molar-refractivity contribution in [3.63, 3.8) is 0 Å². The molecule has 0 fully saturated rings. The molecule has 9 aromatic carbocycles. The van der Waals surface area contributed by atoms with Crippen LogP contribution in [0.3, 0.4) is 0 Å². The average molecular weight is 873 g/mol. The minimum atomic E-state index is 0.254. The zero-order valence-electron chi connectivity index (χ0n) is 38.6. The van der Waals surface area contributed by atoms with Gasteiger partial charge in [0, 0.05) is 39.5 Å². The van der Waals surface area contributed by atoms with Crippen molar-refractivity contribution in [2.45, 2.75) is 20.3 Å². The highest BCUT2D eigenvalue weighted by atomic mass is 15.2. The normalized spacial score (nSPS) is 14.3. The van der Waals surface area contributed by atoms with Gasteiger partial charge in [0.05, 0.1) is 11.0 Å². The molecule has 1 atom stereocenters. The van der Waals surface area contributed by atoms with Gasteiger partial charge in [0.25, 0.3) is 0 Å². The second-order valence-corrected chi connectivity index (χ2v) is 17.5. The number of fused-ring (bicyclic) bond motifs is 3. The van der Waals surface area contributed by atoms with Crippen molar-refractivity contribution in [1.29, 1.82) is 0 Å². The lowest BCUT2D eigenvalue weighted by Gasteiger charge is -2.29. The molecule has 10 aromatic rings. The van der Waals surface area contributed by atoms with Crippen molar-refractivity contribution >= 4 is 27.5 Å². The minimum absolute atomic E-state index is 0.254. The maximum absolute atomic E-state index is 4.09. The zero-order valence-corrected chi connectivity index (χ0v) is 38.6. The van der Waals surface area contributed by atoms with Gasteiger partial charge in [-0.15, -0.1) is 0 Å². The monoisotopic (exact) mass is 872 g/mol. The molecule has 1 aromatic heterocycles. The van der Waals surface area contributed by atoms with Crippen molar-refractivity contribution in [3.05, 3.63) is 267 Å². The van der Waals surface area contributed by atoms with Crippen LogP contribution < -0.4 is 4.90 Å². The number of rotatable bonds is 11. The summed E-state index contributed by atoms with van der Waals surface area (Å²) in [5, 5.41) is 2.50. The summed E-state index contributed by atoms with van der Waals surface area (Å²) in [6.07, 6.45) is 11.9. The minimum Gasteiger partial charge on any atom is -0.314 e. The summed E-state index contributed by atoms with van der Waals surface area (Å²) < 4.78 is 2.40. The third-order valence-corrected chi connectivity index (χ3v) is 13.4. The first kappa shape index (κ1) is 42.2. The van der Waals surface area contributed by atoms with E-state index in [1.165, 1.54) is 66.6 Å². The second-order valence-electron chi connectivity index (χ2n) is 17.5. The predicted octanol–water partition coefficient (Wildman–Crippen LogP) is 18.2. The van der Waals surface area contributed by atoms with E-state index in [4.69, 9.17) is 0 Å². The largest absolute Gasteiger partial charge is 0.314 e. The number of allylic oxidation sites excluding steroid dienone is 5. The zero-order chi connectivity index (χ0) is 46.0. The maximum Gasteiger partial charge on any atom is 0.0541 e. The van der Waals surface area contributed by atoms with Gasteiger partial charge in [-0.25, -0.2) is 0 Å². The summed E-state index contributed by atoms with van der Waals surface area (Å²) in [5.74, 6) is 0.254. The Hall–Kier alpha value is -8.46. The third kappa shape index (κ3) is 7.51. The van der Waals surface area contributed by atoms with E-state index < -0.39 is 0 Å². The highest BCUT2D eigenvalue weighted by Gasteiger charge is 2.30. The molecule has 11 rings (SSSR count). The molecule has 0 amide bonds. The average Bonchev–Trinajstić information content (AvgIpc) is 3.91. The van der Waals surface area contributed by atoms with Crippen LogP contribution in [-0.2, 0) is 0 Å². The van der Waals surface area contributed by atoms with E-state index in [1.54, 1.807) is 0 Å². The molecule has 0 radical (unpaired) electrons. The van der Waals surface area contributed by atoms with E-state index >= 15 is 0 Å². The SMILES string of the molecule is C=CC=C1C(C)C=C(C=CCC)N1c1ccc(-c2c(-c3ccccc3)c(-c3ccccc3)c(-c3ccc(-n4c5ccccc5c5ccccc54)cc3)c(-c3ccccc3)c2-c2ccccc2)cc1. The first-order valence-electron chi connectivity index (χ1n) is 23.8. The number of anilines is 1. The Kier molecular flexibility index (Phi) is 11.4. The van der Waals surface area contributed by atoms with Crippen molar-refractivity contribution < 1.29 is 0 Å². The fraction of sp³-hybridized carbons (Fsp3) is 0.0606. The molecule has 2 heterocycles. The topological polar surface area (TPSA) is 8.17 Å². The van der Waals surface area contributed by atoms with Crippen LogP contribution in [0.4, 0.5) is 5.69 Å². The van der Waals surface area contributed by atoms with Gasteiger partial charge in [-0.05, 0) is 122 Å². The van der Waals surface area contributed by atoms with Crippen LogP contribution in [0.15, 0.2) is 267 Å². The molecule has 2 nitrogen and oxygen atoms in total. The number of nitrogens with zero attached hydrogens (tertiary/aromatic N) is 2. The molecular formula is C66H52N2. The van der Waals surface area contributed by atoms with E-state index in [0.717, 1.165) is 51.2 Å². The molecule has 326 valence electrons. The number of hydrogen-bond donors (Lipinski definition) is 0. The molecule has 0 bridgehead atoms. The van der Waals surface area contributed by atoms with E-state index in [2.05, 4.69) is 273 Å². The summed E-state index contributed by atoms with van der Waals surface area (Å²) >= 11 is 0. The number of aromatic nitrogens is 1. The molecule has 0 aliphatic carbocycles. The van der Waals surface area contributed by atoms with Gasteiger partial charge in [-0.1, -0.05) is 221 Å². The van der Waals surface area contributed by atoms with Crippen LogP contribution in [0.1, 0.15) is 20.3 Å². The standard InChI is InChI=1S/C66H52N2/c1-4-6-32-55-45-46(3)58(23-5-2)67(55)53-41-37-51(38-42-53)65-61(47-24-11-7-12-25-47)63(49-28-15-9-16-29-49)66(64(50-30-17-10-18-31-50)62(65)48-26-13-8-14-27-48)52-39-43-54(44-40-52)68-59-35-21-19-33-56(59)57-34-20-22-36-60(57)68/h5-46H,2,4H2,1,3H3. The van der Waals surface area contributed by atoms with E-state index in [-0.39, 0.29) is 5.92 Å². The fourth-order valence-corrected chi connectivity index (χ4v) is 10.4. The molecule has 1 aliphatic heterocycles. The number of benzene rings is 9. The molecule has 68 heavy (non-hydrogen) atoms. The summed E-state index contributed by atoms with van der Waals surface area (Å²) in [4.78, 5) is 2.38. The van der Waals surface area contributed by atoms with Crippen LogP contribution in [0.5, 0.6) is 0 Å². The van der Waals surface area contributed by atoms with Crippen LogP contribution in [0, 0.1) is 5.92 Å². The number of hydrogen-bond acceptors (Lipinski definition) is 1. The van der Waals surface area contributed by atoms with E-state index in [0.29, 0.717) is 0 Å². The summed E-state index contributed by atoms with van der Waals surface area (Å²) in [5.41, 5.74) is 21.1. The first-order valence-corrected chi connectivity index (χ1v) is 23.8. The Bertz CT molecular complexity index is 3360. The van der Waals surface area contributed by atoms with Crippen LogP contribution in [0.25, 0.3) is 94.3 Å². The quantitative estimate of drug-likeness (QED) is 0.126. The van der Waals surface area contributed by atoms with Crippen molar-refractivity contribution in [2.24, 2.45) is 5.92 Å². The molecule has 1 unspecified atom stereocenters. The van der Waals surface area contributed by atoms with Gasteiger partial charge >= 0.3 is 0 Å². The maximum atomic E-state index is 4.09. The van der Waals surface area contributed by atoms with Gasteiger partial charge in [0.15, 0.2) is 0 Å². The Labute approximate surface area is 400 Å². The summed E-state index contributed by atoms with van der Waals surface area (Å²) in [6.45, 7) is 8.54. The molecule has 1 aliphatic rings. The van der Waals surface area contributed by atoms with Crippen LogP contribution in [0.2, 0.25) is 0 Å². The molecule has 2 heteroatoms. The van der Waals surface area contributed by atoms with E-state index in [1.807, 2.05) is 6.08 Å². The van der Waals surface area contributed by atoms with Gasteiger partial charge in [-0.3, -0.25) is 0 Å². The smallest absolute Gasteiger partial charge is 0.0541 e. The Morgan fingerprint density at radius 1 is 0.426 bits per heavy atom. The Balaban J connectivity index is 1.24. The molecule has 0 N–H and O–H groups in total. The summed E-state index contributed by atoms with van der Waals surface area (Å²) in [7, 11) is 0. The van der Waals surface area contributed by atoms with E-state index in [9.17, 15) is 0 Å². The molecular weight excluding hydrogens is 821 g/mol. The molecule has 0 spiro atoms. The highest BCUT2D eigenvalue weighted by Crippen LogP contribution is 2.56. The van der Waals surface area contributed by atoms with Gasteiger partial charge in [0.1, 0.15) is 0 Å². The van der Waals surface area contributed by atoms with Crippen molar-refractivity contribution in [3.8, 4) is 72.4 Å².